The molecule has 0 saturated carbocycles. The number of rotatable bonds is 3. The van der Waals surface area contributed by atoms with Gasteiger partial charge < -0.3 is 15.1 Å². The Labute approximate surface area is 111 Å². The van der Waals surface area contributed by atoms with Gasteiger partial charge in [0, 0.05) is 38.6 Å². The van der Waals surface area contributed by atoms with Crippen LogP contribution >= 0.6 is 0 Å². The first-order valence-electron chi connectivity index (χ1n) is 7.38. The molecule has 18 heavy (non-hydrogen) atoms. The van der Waals surface area contributed by atoms with Crippen molar-refractivity contribution in [2.45, 2.75) is 26.7 Å². The first-order chi connectivity index (χ1) is 8.66. The first kappa shape index (κ1) is 13.8. The standard InChI is InChI=1S/C14H27N3O/c1-12(2)11-16-7-3-13(4-8-16)14(18)17-9-5-15-6-10-17/h12-13,15H,3-11H2,1-2H3. The van der Waals surface area contributed by atoms with E-state index in [1.807, 2.05) is 0 Å². The molecule has 4 nitrogen and oxygen atoms in total. The fourth-order valence-corrected chi connectivity index (χ4v) is 3.02. The van der Waals surface area contributed by atoms with E-state index in [9.17, 15) is 4.79 Å². The van der Waals surface area contributed by atoms with Crippen LogP contribution in [0.15, 0.2) is 0 Å². The molecule has 2 aliphatic heterocycles. The monoisotopic (exact) mass is 253 g/mol. The van der Waals surface area contributed by atoms with Crippen LogP contribution in [-0.4, -0.2) is 61.5 Å². The highest BCUT2D eigenvalue weighted by atomic mass is 16.2. The number of carbonyl (C=O) groups is 1. The Morgan fingerprint density at radius 1 is 1.17 bits per heavy atom. The van der Waals surface area contributed by atoms with Crippen molar-refractivity contribution in [2.24, 2.45) is 11.8 Å². The Hall–Kier alpha value is -0.610. The minimum Gasteiger partial charge on any atom is -0.340 e. The van der Waals surface area contributed by atoms with Gasteiger partial charge in [-0.05, 0) is 31.8 Å². The summed E-state index contributed by atoms with van der Waals surface area (Å²) < 4.78 is 0. The molecular formula is C14H27N3O. The van der Waals surface area contributed by atoms with Crippen molar-refractivity contribution in [3.63, 3.8) is 0 Å². The van der Waals surface area contributed by atoms with Crippen molar-refractivity contribution in [3.05, 3.63) is 0 Å². The number of nitrogens with one attached hydrogen (secondary N) is 1. The molecule has 2 saturated heterocycles. The lowest BCUT2D eigenvalue weighted by molar-refractivity contribution is -0.137. The molecule has 0 radical (unpaired) electrons. The maximum absolute atomic E-state index is 12.4. The Bertz CT molecular complexity index is 266. The topological polar surface area (TPSA) is 35.6 Å². The summed E-state index contributed by atoms with van der Waals surface area (Å²) in [5.41, 5.74) is 0. The second-order valence-electron chi connectivity index (χ2n) is 6.04. The zero-order valence-corrected chi connectivity index (χ0v) is 11.8. The van der Waals surface area contributed by atoms with E-state index in [0.29, 0.717) is 5.91 Å². The van der Waals surface area contributed by atoms with Crippen LogP contribution < -0.4 is 5.32 Å². The van der Waals surface area contributed by atoms with Crippen molar-refractivity contribution in [3.8, 4) is 0 Å². The fraction of sp³-hybridized carbons (Fsp3) is 0.929. The van der Waals surface area contributed by atoms with Crippen molar-refractivity contribution in [1.29, 1.82) is 0 Å². The minimum absolute atomic E-state index is 0.284. The predicted octanol–water partition coefficient (Wildman–Crippen LogP) is 0.786. The molecular weight excluding hydrogens is 226 g/mol. The lowest BCUT2D eigenvalue weighted by Crippen LogP contribution is -2.50. The number of amides is 1. The molecule has 0 bridgehead atoms. The van der Waals surface area contributed by atoms with Crippen LogP contribution in [0.1, 0.15) is 26.7 Å². The van der Waals surface area contributed by atoms with E-state index < -0.39 is 0 Å². The van der Waals surface area contributed by atoms with Crippen molar-refractivity contribution in [1.82, 2.24) is 15.1 Å². The molecule has 0 unspecified atom stereocenters. The summed E-state index contributed by atoms with van der Waals surface area (Å²) in [5, 5.41) is 3.30. The van der Waals surface area contributed by atoms with Gasteiger partial charge in [0.15, 0.2) is 0 Å². The van der Waals surface area contributed by atoms with Gasteiger partial charge >= 0.3 is 0 Å². The maximum Gasteiger partial charge on any atom is 0.225 e. The molecule has 2 aliphatic rings. The molecule has 2 fully saturated rings. The van der Waals surface area contributed by atoms with Gasteiger partial charge in [-0.25, -0.2) is 0 Å². The van der Waals surface area contributed by atoms with E-state index in [1.165, 1.54) is 6.54 Å². The van der Waals surface area contributed by atoms with Crippen molar-refractivity contribution in [2.75, 3.05) is 45.8 Å². The number of likely N-dealkylation sites (tertiary alicyclic amines) is 1. The Balaban J connectivity index is 1.76. The number of hydrogen-bond donors (Lipinski definition) is 1. The molecule has 0 aromatic carbocycles. The number of piperidine rings is 1. The third kappa shape index (κ3) is 3.69. The first-order valence-corrected chi connectivity index (χ1v) is 7.38. The van der Waals surface area contributed by atoms with Gasteiger partial charge in [0.25, 0.3) is 0 Å². The van der Waals surface area contributed by atoms with Crippen LogP contribution in [0, 0.1) is 11.8 Å². The number of nitrogens with zero attached hydrogens (tertiary/aromatic N) is 2. The summed E-state index contributed by atoms with van der Waals surface area (Å²) in [6.07, 6.45) is 2.10. The molecule has 1 amide bonds. The zero-order chi connectivity index (χ0) is 13.0. The van der Waals surface area contributed by atoms with E-state index in [4.69, 9.17) is 0 Å². The van der Waals surface area contributed by atoms with Crippen LogP contribution in [0.4, 0.5) is 0 Å². The Morgan fingerprint density at radius 2 is 1.78 bits per heavy atom. The van der Waals surface area contributed by atoms with Gasteiger partial charge in [-0.2, -0.15) is 0 Å². The van der Waals surface area contributed by atoms with E-state index in [0.717, 1.165) is 58.0 Å². The molecule has 2 heterocycles. The summed E-state index contributed by atoms with van der Waals surface area (Å²) in [5.74, 6) is 1.41. The highest BCUT2D eigenvalue weighted by molar-refractivity contribution is 5.79. The summed E-state index contributed by atoms with van der Waals surface area (Å²) in [7, 11) is 0. The molecule has 104 valence electrons. The van der Waals surface area contributed by atoms with E-state index >= 15 is 0 Å². The van der Waals surface area contributed by atoms with Gasteiger partial charge in [-0.1, -0.05) is 13.8 Å². The van der Waals surface area contributed by atoms with Gasteiger partial charge in [-0.15, -0.1) is 0 Å². The zero-order valence-electron chi connectivity index (χ0n) is 11.8. The van der Waals surface area contributed by atoms with Crippen LogP contribution in [0.25, 0.3) is 0 Å². The normalized spacial score (nSPS) is 23.6. The summed E-state index contributed by atoms with van der Waals surface area (Å²) >= 11 is 0. The summed E-state index contributed by atoms with van der Waals surface area (Å²) in [4.78, 5) is 16.9. The van der Waals surface area contributed by atoms with Crippen LogP contribution in [0.3, 0.4) is 0 Å². The average molecular weight is 253 g/mol. The van der Waals surface area contributed by atoms with Crippen LogP contribution in [-0.2, 0) is 4.79 Å². The maximum atomic E-state index is 12.4. The van der Waals surface area contributed by atoms with Gasteiger partial charge in [0.1, 0.15) is 0 Å². The second-order valence-corrected chi connectivity index (χ2v) is 6.04. The van der Waals surface area contributed by atoms with Crippen molar-refractivity contribution < 1.29 is 4.79 Å². The predicted molar refractivity (Wildman–Crippen MR) is 73.5 cm³/mol. The number of carbonyl (C=O) groups excluding carboxylic acids is 1. The Morgan fingerprint density at radius 3 is 2.33 bits per heavy atom. The van der Waals surface area contributed by atoms with Gasteiger partial charge in [0.2, 0.25) is 5.91 Å². The minimum atomic E-state index is 0.284. The summed E-state index contributed by atoms with van der Waals surface area (Å²) in [6.45, 7) is 11.6. The largest absolute Gasteiger partial charge is 0.340 e. The van der Waals surface area contributed by atoms with E-state index in [-0.39, 0.29) is 5.92 Å². The lowest BCUT2D eigenvalue weighted by atomic mass is 9.94. The van der Waals surface area contributed by atoms with E-state index in [2.05, 4.69) is 29.0 Å². The molecule has 1 N–H and O–H groups in total. The molecule has 2 rings (SSSR count). The fourth-order valence-electron chi connectivity index (χ4n) is 3.02. The van der Waals surface area contributed by atoms with Crippen LogP contribution in [0.5, 0.6) is 0 Å². The molecule has 0 atom stereocenters. The molecule has 0 aromatic heterocycles. The van der Waals surface area contributed by atoms with Crippen LogP contribution in [0.2, 0.25) is 0 Å². The second kappa shape index (κ2) is 6.53. The SMILES string of the molecule is CC(C)CN1CCC(C(=O)N2CCNCC2)CC1. The number of hydrogen-bond acceptors (Lipinski definition) is 3. The molecule has 0 spiro atoms. The number of piperazine rings is 1. The molecule has 0 aromatic rings. The summed E-state index contributed by atoms with van der Waals surface area (Å²) in [6, 6.07) is 0. The highest BCUT2D eigenvalue weighted by Crippen LogP contribution is 2.20. The third-order valence-electron chi connectivity index (χ3n) is 3.99. The third-order valence-corrected chi connectivity index (χ3v) is 3.99. The van der Waals surface area contributed by atoms with Crippen molar-refractivity contribution >= 4 is 5.91 Å². The van der Waals surface area contributed by atoms with Gasteiger partial charge in [-0.3, -0.25) is 4.79 Å². The smallest absolute Gasteiger partial charge is 0.225 e. The Kier molecular flexibility index (Phi) is 5.01. The van der Waals surface area contributed by atoms with E-state index in [1.54, 1.807) is 0 Å². The lowest BCUT2D eigenvalue weighted by Gasteiger charge is -2.36. The molecule has 4 heteroatoms. The average Bonchev–Trinajstić information content (AvgIpc) is 2.39. The highest BCUT2D eigenvalue weighted by Gasteiger charge is 2.29. The van der Waals surface area contributed by atoms with Gasteiger partial charge in [0.05, 0.1) is 0 Å². The quantitative estimate of drug-likeness (QED) is 0.807. The molecule has 0 aliphatic carbocycles.